The molecule has 0 spiro atoms. The molecule has 1 N–H and O–H groups in total. The zero-order chi connectivity index (χ0) is 16.7. The van der Waals surface area contributed by atoms with E-state index in [1.54, 1.807) is 20.8 Å². The highest BCUT2D eigenvalue weighted by Gasteiger charge is 2.51. The standard InChI is InChI=1S/C15H17NO6/c1-7-5-9(22-16-7)12(18)10-8(17)6-15(2,3)11(13(10)19)14(20)21-4/h5,11,18H,6H2,1-4H3/t11-/m0/s1. The van der Waals surface area contributed by atoms with Gasteiger partial charge in [-0.25, -0.2) is 0 Å². The van der Waals surface area contributed by atoms with Crippen molar-refractivity contribution in [2.75, 3.05) is 7.11 Å². The Morgan fingerprint density at radius 1 is 1.45 bits per heavy atom. The van der Waals surface area contributed by atoms with Gasteiger partial charge in [0.2, 0.25) is 5.76 Å². The topological polar surface area (TPSA) is 107 Å². The van der Waals surface area contributed by atoms with Gasteiger partial charge in [0.05, 0.1) is 12.8 Å². The molecule has 1 aliphatic rings. The Hall–Kier alpha value is -2.44. The lowest BCUT2D eigenvalue weighted by Crippen LogP contribution is -2.46. The van der Waals surface area contributed by atoms with Crippen molar-refractivity contribution in [3.05, 3.63) is 23.1 Å². The van der Waals surface area contributed by atoms with Crippen LogP contribution in [0.2, 0.25) is 0 Å². The summed E-state index contributed by atoms with van der Waals surface area (Å²) >= 11 is 0. The van der Waals surface area contributed by atoms with E-state index in [0.717, 1.165) is 0 Å². The molecule has 0 unspecified atom stereocenters. The van der Waals surface area contributed by atoms with Gasteiger partial charge in [0.15, 0.2) is 17.3 Å². The Morgan fingerprint density at radius 3 is 2.59 bits per heavy atom. The van der Waals surface area contributed by atoms with Crippen molar-refractivity contribution < 1.29 is 28.8 Å². The highest BCUT2D eigenvalue weighted by Crippen LogP contribution is 2.41. The molecule has 1 heterocycles. The molecule has 1 atom stereocenters. The molecule has 0 amide bonds. The number of esters is 1. The fourth-order valence-corrected chi connectivity index (χ4v) is 2.63. The van der Waals surface area contributed by atoms with Crippen LogP contribution in [0.25, 0.3) is 5.76 Å². The Morgan fingerprint density at radius 2 is 2.09 bits per heavy atom. The Bertz CT molecular complexity index is 682. The van der Waals surface area contributed by atoms with E-state index in [1.807, 2.05) is 0 Å². The molecule has 1 fully saturated rings. The molecule has 7 nitrogen and oxygen atoms in total. The number of allylic oxidation sites excluding steroid dienone is 1. The van der Waals surface area contributed by atoms with Crippen LogP contribution in [0.15, 0.2) is 16.2 Å². The number of ketones is 2. The van der Waals surface area contributed by atoms with Crippen molar-refractivity contribution in [2.24, 2.45) is 11.3 Å². The first-order valence-corrected chi connectivity index (χ1v) is 6.71. The number of Topliss-reactive ketones (excluding diaryl/α,β-unsaturated/α-hetero) is 2. The highest BCUT2D eigenvalue weighted by molar-refractivity contribution is 6.30. The van der Waals surface area contributed by atoms with Gasteiger partial charge in [-0.1, -0.05) is 19.0 Å². The van der Waals surface area contributed by atoms with E-state index in [-0.39, 0.29) is 12.2 Å². The minimum atomic E-state index is -1.16. The van der Waals surface area contributed by atoms with Gasteiger partial charge in [0.25, 0.3) is 0 Å². The van der Waals surface area contributed by atoms with E-state index in [2.05, 4.69) is 9.89 Å². The maximum Gasteiger partial charge on any atom is 0.317 e. The molecule has 0 radical (unpaired) electrons. The van der Waals surface area contributed by atoms with E-state index in [1.165, 1.54) is 13.2 Å². The van der Waals surface area contributed by atoms with Crippen LogP contribution in [-0.2, 0) is 19.1 Å². The van der Waals surface area contributed by atoms with E-state index < -0.39 is 40.2 Å². The number of ether oxygens (including phenoxy) is 1. The third-order valence-corrected chi connectivity index (χ3v) is 3.72. The van der Waals surface area contributed by atoms with E-state index >= 15 is 0 Å². The Kier molecular flexibility index (Phi) is 3.91. The maximum atomic E-state index is 12.6. The number of hydrogen-bond acceptors (Lipinski definition) is 7. The number of methoxy groups -OCH3 is 1. The summed E-state index contributed by atoms with van der Waals surface area (Å²) in [5.74, 6) is -3.88. The van der Waals surface area contributed by atoms with Crippen LogP contribution in [0.5, 0.6) is 0 Å². The van der Waals surface area contributed by atoms with Gasteiger partial charge in [-0.3, -0.25) is 14.4 Å². The predicted molar refractivity (Wildman–Crippen MR) is 74.7 cm³/mol. The number of hydrogen-bond donors (Lipinski definition) is 1. The molecule has 22 heavy (non-hydrogen) atoms. The lowest BCUT2D eigenvalue weighted by Gasteiger charge is -2.35. The van der Waals surface area contributed by atoms with Gasteiger partial charge in [0.1, 0.15) is 11.5 Å². The zero-order valence-corrected chi connectivity index (χ0v) is 12.8. The lowest BCUT2D eigenvalue weighted by molar-refractivity contribution is -0.155. The summed E-state index contributed by atoms with van der Waals surface area (Å²) in [4.78, 5) is 36.7. The van der Waals surface area contributed by atoms with E-state index in [4.69, 9.17) is 4.52 Å². The molecule has 7 heteroatoms. The number of aliphatic hydroxyl groups is 1. The number of rotatable bonds is 2. The molecule has 1 saturated carbocycles. The van der Waals surface area contributed by atoms with E-state index in [9.17, 15) is 19.5 Å². The minimum Gasteiger partial charge on any atom is -0.504 e. The van der Waals surface area contributed by atoms with Crippen molar-refractivity contribution in [1.82, 2.24) is 5.16 Å². The first-order chi connectivity index (χ1) is 10.2. The quantitative estimate of drug-likeness (QED) is 0.291. The molecule has 0 bridgehead atoms. The van der Waals surface area contributed by atoms with Gasteiger partial charge in [-0.05, 0) is 12.3 Å². The van der Waals surface area contributed by atoms with Gasteiger partial charge in [-0.15, -0.1) is 0 Å². The van der Waals surface area contributed by atoms with Gasteiger partial charge in [-0.2, -0.15) is 0 Å². The fourth-order valence-electron chi connectivity index (χ4n) is 2.63. The number of carbonyl (C=O) groups is 3. The van der Waals surface area contributed by atoms with Gasteiger partial charge < -0.3 is 14.4 Å². The predicted octanol–water partition coefficient (Wildman–Crippen LogP) is 1.61. The lowest BCUT2D eigenvalue weighted by atomic mass is 9.65. The summed E-state index contributed by atoms with van der Waals surface area (Å²) in [5.41, 5.74) is -0.837. The van der Waals surface area contributed by atoms with E-state index in [0.29, 0.717) is 5.69 Å². The number of aryl methyl sites for hydroxylation is 1. The average molecular weight is 307 g/mol. The Balaban J connectivity index is 2.55. The molecule has 0 aliphatic heterocycles. The molecule has 1 aromatic rings. The van der Waals surface area contributed by atoms with Crippen molar-refractivity contribution >= 4 is 23.3 Å². The maximum absolute atomic E-state index is 12.6. The second-order valence-electron chi connectivity index (χ2n) is 5.97. The molecular weight excluding hydrogens is 290 g/mol. The summed E-state index contributed by atoms with van der Waals surface area (Å²) < 4.78 is 9.53. The zero-order valence-electron chi connectivity index (χ0n) is 12.8. The third-order valence-electron chi connectivity index (χ3n) is 3.72. The Labute approximate surface area is 126 Å². The number of aliphatic hydroxyl groups excluding tert-OH is 1. The first kappa shape index (κ1) is 15.9. The highest BCUT2D eigenvalue weighted by atomic mass is 16.5. The summed E-state index contributed by atoms with van der Waals surface area (Å²) in [5, 5.41) is 13.8. The van der Waals surface area contributed by atoms with Crippen molar-refractivity contribution in [2.45, 2.75) is 27.2 Å². The van der Waals surface area contributed by atoms with Crippen LogP contribution < -0.4 is 0 Å². The first-order valence-electron chi connectivity index (χ1n) is 6.71. The second kappa shape index (κ2) is 5.40. The minimum absolute atomic E-state index is 0.0645. The van der Waals surface area contributed by atoms with Crippen molar-refractivity contribution in [3.63, 3.8) is 0 Å². The number of nitrogens with zero attached hydrogens (tertiary/aromatic N) is 1. The van der Waals surface area contributed by atoms with Gasteiger partial charge >= 0.3 is 5.97 Å². The van der Waals surface area contributed by atoms with Crippen LogP contribution >= 0.6 is 0 Å². The summed E-state index contributed by atoms with van der Waals surface area (Å²) in [6.45, 7) is 4.91. The third kappa shape index (κ3) is 2.54. The largest absolute Gasteiger partial charge is 0.504 e. The molecule has 1 aromatic heterocycles. The van der Waals surface area contributed by atoms with Crippen molar-refractivity contribution in [1.29, 1.82) is 0 Å². The fraction of sp³-hybridized carbons (Fsp3) is 0.467. The van der Waals surface area contributed by atoms with Crippen LogP contribution in [-0.4, -0.2) is 34.9 Å². The molecular formula is C15H17NO6. The van der Waals surface area contributed by atoms with Crippen LogP contribution in [0.3, 0.4) is 0 Å². The molecule has 2 rings (SSSR count). The van der Waals surface area contributed by atoms with Crippen LogP contribution in [0.4, 0.5) is 0 Å². The second-order valence-corrected chi connectivity index (χ2v) is 5.97. The normalized spacial score (nSPS) is 23.4. The average Bonchev–Trinajstić information content (AvgIpc) is 2.83. The molecule has 0 aromatic carbocycles. The summed E-state index contributed by atoms with van der Waals surface area (Å²) in [6, 6.07) is 1.40. The van der Waals surface area contributed by atoms with Gasteiger partial charge in [0, 0.05) is 12.5 Å². The summed E-state index contributed by atoms with van der Waals surface area (Å²) in [7, 11) is 1.17. The number of aromatic nitrogens is 1. The molecule has 118 valence electrons. The van der Waals surface area contributed by atoms with Crippen molar-refractivity contribution in [3.8, 4) is 0 Å². The molecule has 1 aliphatic carbocycles. The summed E-state index contributed by atoms with van der Waals surface area (Å²) in [6.07, 6.45) is -0.0645. The SMILES string of the molecule is COC(=O)[C@@H]1C(=O)C(=C(O)c2cc(C)no2)C(=O)CC1(C)C. The number of carbonyl (C=O) groups excluding carboxylic acids is 3. The molecule has 0 saturated heterocycles. The van der Waals surface area contributed by atoms with Crippen LogP contribution in [0, 0.1) is 18.3 Å². The smallest absolute Gasteiger partial charge is 0.317 e. The van der Waals surface area contributed by atoms with Crippen LogP contribution in [0.1, 0.15) is 31.7 Å². The monoisotopic (exact) mass is 307 g/mol.